The van der Waals surface area contributed by atoms with E-state index in [4.69, 9.17) is 9.15 Å². The lowest BCUT2D eigenvalue weighted by molar-refractivity contribution is -0.151. The molecule has 1 N–H and O–H groups in total. The maximum absolute atomic E-state index is 12.9. The maximum atomic E-state index is 12.9. The summed E-state index contributed by atoms with van der Waals surface area (Å²) < 4.78 is 11.8. The normalized spacial score (nSPS) is 18.1. The number of oxazole rings is 1. The van der Waals surface area contributed by atoms with Gasteiger partial charge in [-0.25, -0.2) is 9.78 Å². The van der Waals surface area contributed by atoms with Crippen LogP contribution in [-0.2, 0) is 22.4 Å². The summed E-state index contributed by atoms with van der Waals surface area (Å²) in [5.41, 5.74) is 3.36. The van der Waals surface area contributed by atoms with Gasteiger partial charge in [-0.1, -0.05) is 43.7 Å². The number of fused-ring (bicyclic) bond motifs is 1. The molecule has 1 aromatic carbocycles. The van der Waals surface area contributed by atoms with E-state index in [9.17, 15) is 14.7 Å². The molecule has 0 fully saturated rings. The van der Waals surface area contributed by atoms with E-state index in [1.807, 2.05) is 45.9 Å². The van der Waals surface area contributed by atoms with Gasteiger partial charge in [-0.15, -0.1) is 0 Å². The van der Waals surface area contributed by atoms with E-state index in [1.54, 1.807) is 18.2 Å². The zero-order chi connectivity index (χ0) is 26.2. The lowest BCUT2D eigenvalue weighted by Gasteiger charge is -2.39. The molecule has 2 heterocycles. The molecule has 7 nitrogen and oxygen atoms in total. The van der Waals surface area contributed by atoms with E-state index in [2.05, 4.69) is 18.0 Å². The fourth-order valence-corrected chi connectivity index (χ4v) is 4.40. The second-order valence-electron chi connectivity index (χ2n) is 9.08. The molecule has 1 aromatic heterocycles. The highest BCUT2D eigenvalue weighted by molar-refractivity contribution is 5.92. The van der Waals surface area contributed by atoms with Gasteiger partial charge < -0.3 is 19.2 Å². The number of hydrogen-bond acceptors (Lipinski definition) is 5. The fraction of sp³-hybridized carbons (Fsp3) is 0.414. The Kier molecular flexibility index (Phi) is 9.28. The number of carboxylic acids is 1. The number of nitrogens with zero attached hydrogens (tertiary/aromatic N) is 2. The van der Waals surface area contributed by atoms with Crippen molar-refractivity contribution in [1.29, 1.82) is 0 Å². The van der Waals surface area contributed by atoms with Crippen LogP contribution < -0.4 is 4.74 Å². The molecule has 0 spiro atoms. The molecule has 3 rings (SSSR count). The third-order valence-corrected chi connectivity index (χ3v) is 6.29. The number of carboxylic acid groups (broad SMARTS) is 1. The number of carbonyl (C=O) groups excluding carboxylic acids is 1. The van der Waals surface area contributed by atoms with Crippen molar-refractivity contribution < 1.29 is 23.8 Å². The third-order valence-electron chi connectivity index (χ3n) is 6.29. The maximum Gasteiger partial charge on any atom is 0.331 e. The first kappa shape index (κ1) is 27.0. The van der Waals surface area contributed by atoms with Crippen LogP contribution in [0.25, 0.3) is 5.57 Å². The van der Waals surface area contributed by atoms with Crippen LogP contribution in [0, 0.1) is 6.92 Å². The van der Waals surface area contributed by atoms with Crippen LogP contribution in [-0.4, -0.2) is 39.5 Å². The van der Waals surface area contributed by atoms with Gasteiger partial charge in [0.05, 0.1) is 12.3 Å². The molecule has 1 amide bonds. The van der Waals surface area contributed by atoms with Crippen LogP contribution in [0.2, 0.25) is 0 Å². The summed E-state index contributed by atoms with van der Waals surface area (Å²) in [5, 5.41) is 10.0. The molecule has 1 aliphatic rings. The van der Waals surface area contributed by atoms with Gasteiger partial charge in [0, 0.05) is 24.1 Å². The Hall–Kier alpha value is -3.61. The average molecular weight is 493 g/mol. The highest BCUT2D eigenvalue weighted by Crippen LogP contribution is 2.36. The van der Waals surface area contributed by atoms with Gasteiger partial charge in [0.2, 0.25) is 11.8 Å². The molecule has 0 aliphatic carbocycles. The van der Waals surface area contributed by atoms with E-state index in [0.717, 1.165) is 35.4 Å². The standard InChI is InChI=1S/C29H36N2O5/c1-6-8-10-12-26(32)31-20(4)17-22-13-14-23(18-24(22)27(31)29(33)34)35-16-15-25-21(5)36-28(30-25)19(3)11-9-7-2/h6,8,10-14,18,20,27H,7,9,15-17H2,1-5H3,(H,33,34)/t20-,27+/m0/s1. The lowest BCUT2D eigenvalue weighted by Crippen LogP contribution is -2.48. The summed E-state index contributed by atoms with van der Waals surface area (Å²) in [6.45, 7) is 10.1. The average Bonchev–Trinajstić information content (AvgIpc) is 3.22. The van der Waals surface area contributed by atoms with Crippen LogP contribution in [0.4, 0.5) is 0 Å². The van der Waals surface area contributed by atoms with Crippen LogP contribution in [0.5, 0.6) is 5.75 Å². The van der Waals surface area contributed by atoms with E-state index in [0.29, 0.717) is 36.7 Å². The number of benzene rings is 1. The number of unbranched alkanes of at least 4 members (excludes halogenated alkanes) is 1. The summed E-state index contributed by atoms with van der Waals surface area (Å²) in [6, 6.07) is 4.18. The van der Waals surface area contributed by atoms with Crippen molar-refractivity contribution in [1.82, 2.24) is 9.88 Å². The van der Waals surface area contributed by atoms with E-state index < -0.39 is 12.0 Å². The van der Waals surface area contributed by atoms with E-state index >= 15 is 0 Å². The fourth-order valence-electron chi connectivity index (χ4n) is 4.40. The number of allylic oxidation sites excluding steroid dienone is 5. The van der Waals surface area contributed by atoms with Gasteiger partial charge in [-0.2, -0.15) is 0 Å². The Bertz CT molecular complexity index is 1170. The SMILES string of the molecule is CC=CC=CC(=O)N1[C@@H](C)Cc2ccc(OCCc3nc(C(C)=CCCC)oc3C)cc2[C@@H]1C(=O)O. The molecule has 0 radical (unpaired) electrons. The van der Waals surface area contributed by atoms with Crippen molar-refractivity contribution in [3.63, 3.8) is 0 Å². The number of rotatable bonds is 10. The number of aromatic nitrogens is 1. The topological polar surface area (TPSA) is 92.9 Å². The summed E-state index contributed by atoms with van der Waals surface area (Å²) >= 11 is 0. The first-order valence-electron chi connectivity index (χ1n) is 12.5. The van der Waals surface area contributed by atoms with Crippen molar-refractivity contribution in [2.24, 2.45) is 0 Å². The molecule has 0 unspecified atom stereocenters. The van der Waals surface area contributed by atoms with Crippen LogP contribution in [0.1, 0.15) is 75.1 Å². The van der Waals surface area contributed by atoms with Crippen molar-refractivity contribution in [2.45, 2.75) is 72.4 Å². The van der Waals surface area contributed by atoms with Crippen molar-refractivity contribution >= 4 is 17.4 Å². The number of ether oxygens (including phenoxy) is 1. The molecular weight excluding hydrogens is 456 g/mol. The van der Waals surface area contributed by atoms with E-state index in [1.165, 1.54) is 11.0 Å². The summed E-state index contributed by atoms with van der Waals surface area (Å²) in [4.78, 5) is 31.2. The zero-order valence-corrected chi connectivity index (χ0v) is 21.8. The highest BCUT2D eigenvalue weighted by atomic mass is 16.5. The van der Waals surface area contributed by atoms with Crippen molar-refractivity contribution in [3.8, 4) is 5.75 Å². The Morgan fingerprint density at radius 3 is 2.78 bits per heavy atom. The molecular formula is C29H36N2O5. The molecule has 192 valence electrons. The molecule has 0 saturated carbocycles. The van der Waals surface area contributed by atoms with Gasteiger partial charge in [0.1, 0.15) is 11.5 Å². The Balaban J connectivity index is 1.75. The quantitative estimate of drug-likeness (QED) is 0.331. The van der Waals surface area contributed by atoms with Crippen LogP contribution in [0.15, 0.2) is 53.0 Å². The van der Waals surface area contributed by atoms with E-state index in [-0.39, 0.29) is 11.9 Å². The van der Waals surface area contributed by atoms with Gasteiger partial charge in [0.15, 0.2) is 6.04 Å². The number of amides is 1. The molecule has 36 heavy (non-hydrogen) atoms. The second kappa shape index (κ2) is 12.4. The first-order chi connectivity index (χ1) is 17.3. The zero-order valence-electron chi connectivity index (χ0n) is 21.8. The number of aryl methyl sites for hydroxylation is 1. The number of hydrogen-bond donors (Lipinski definition) is 1. The van der Waals surface area contributed by atoms with Gasteiger partial charge in [-0.05, 0) is 63.8 Å². The number of aliphatic carboxylic acids is 1. The van der Waals surface area contributed by atoms with Crippen molar-refractivity contribution in [2.75, 3.05) is 6.61 Å². The highest BCUT2D eigenvalue weighted by Gasteiger charge is 2.39. The summed E-state index contributed by atoms with van der Waals surface area (Å²) in [6.07, 6.45) is 11.9. The third kappa shape index (κ3) is 6.33. The molecule has 7 heteroatoms. The monoisotopic (exact) mass is 492 g/mol. The predicted molar refractivity (Wildman–Crippen MR) is 140 cm³/mol. The van der Waals surface area contributed by atoms with Crippen molar-refractivity contribution in [3.05, 3.63) is 77.1 Å². The second-order valence-corrected chi connectivity index (χ2v) is 9.08. The molecule has 1 aliphatic heterocycles. The minimum absolute atomic E-state index is 0.243. The van der Waals surface area contributed by atoms with Crippen LogP contribution >= 0.6 is 0 Å². The molecule has 0 bridgehead atoms. The number of carbonyl (C=O) groups is 2. The van der Waals surface area contributed by atoms with Gasteiger partial charge in [-0.3, -0.25) is 4.79 Å². The minimum atomic E-state index is -1.08. The minimum Gasteiger partial charge on any atom is -0.493 e. The lowest BCUT2D eigenvalue weighted by atomic mass is 9.88. The molecule has 0 saturated heterocycles. The molecule has 2 aromatic rings. The smallest absolute Gasteiger partial charge is 0.331 e. The first-order valence-corrected chi connectivity index (χ1v) is 12.5. The Labute approximate surface area is 213 Å². The van der Waals surface area contributed by atoms with Gasteiger partial charge in [0.25, 0.3) is 0 Å². The van der Waals surface area contributed by atoms with Crippen LogP contribution in [0.3, 0.4) is 0 Å². The largest absolute Gasteiger partial charge is 0.493 e. The summed E-state index contributed by atoms with van der Waals surface area (Å²) in [7, 11) is 0. The predicted octanol–water partition coefficient (Wildman–Crippen LogP) is 5.84. The molecule has 2 atom stereocenters. The Morgan fingerprint density at radius 1 is 1.31 bits per heavy atom. The summed E-state index contributed by atoms with van der Waals surface area (Å²) in [5.74, 6) is 0.571. The van der Waals surface area contributed by atoms with Gasteiger partial charge >= 0.3 is 5.97 Å². The Morgan fingerprint density at radius 2 is 2.08 bits per heavy atom.